The Hall–Kier alpha value is 1.04. The SMILES string of the molecule is CC(=O)CCC(C[CH-]O)SCO.[Y]. The molecule has 0 amide bonds. The predicted octanol–water partition coefficient (Wildman–Crippen LogP) is 1.33. The molecule has 1 radical (unpaired) electrons. The number of thioether (sulfide) groups is 1. The van der Waals surface area contributed by atoms with E-state index in [1.165, 1.54) is 11.8 Å². The summed E-state index contributed by atoms with van der Waals surface area (Å²) >= 11 is 1.36. The van der Waals surface area contributed by atoms with Crippen molar-refractivity contribution < 1.29 is 47.7 Å². The van der Waals surface area contributed by atoms with E-state index in [2.05, 4.69) is 0 Å². The molecule has 13 heavy (non-hydrogen) atoms. The van der Waals surface area contributed by atoms with Gasteiger partial charge in [-0.15, -0.1) is 18.2 Å². The molecule has 0 heterocycles. The van der Waals surface area contributed by atoms with Crippen molar-refractivity contribution in [2.45, 2.75) is 31.4 Å². The van der Waals surface area contributed by atoms with Gasteiger partial charge in [0.25, 0.3) is 0 Å². The molecular weight excluding hydrogens is 265 g/mol. The number of hydrogen-bond acceptors (Lipinski definition) is 4. The van der Waals surface area contributed by atoms with E-state index < -0.39 is 0 Å². The van der Waals surface area contributed by atoms with Gasteiger partial charge < -0.3 is 15.0 Å². The van der Waals surface area contributed by atoms with E-state index in [4.69, 9.17) is 10.2 Å². The van der Waals surface area contributed by atoms with E-state index in [0.29, 0.717) is 12.8 Å². The zero-order chi connectivity index (χ0) is 9.40. The molecule has 0 spiro atoms. The van der Waals surface area contributed by atoms with Gasteiger partial charge in [0.1, 0.15) is 5.78 Å². The summed E-state index contributed by atoms with van der Waals surface area (Å²) in [6.07, 6.45) is 1.77. The molecule has 0 aliphatic heterocycles. The minimum atomic E-state index is 0. The second-order valence-corrected chi connectivity index (χ2v) is 3.83. The Kier molecular flexibility index (Phi) is 14.1. The number of rotatable bonds is 7. The summed E-state index contributed by atoms with van der Waals surface area (Å²) in [5, 5.41) is 17.3. The van der Waals surface area contributed by atoms with Crippen LogP contribution in [0.3, 0.4) is 0 Å². The van der Waals surface area contributed by atoms with Crippen LogP contribution in [-0.2, 0) is 37.5 Å². The molecule has 75 valence electrons. The fourth-order valence-corrected chi connectivity index (χ4v) is 1.57. The average Bonchev–Trinajstić information content (AvgIpc) is 2.01. The zero-order valence-electron chi connectivity index (χ0n) is 7.77. The molecule has 0 saturated carbocycles. The molecule has 0 saturated heterocycles. The van der Waals surface area contributed by atoms with Crippen LogP contribution < -0.4 is 0 Å². The predicted molar refractivity (Wildman–Crippen MR) is 49.2 cm³/mol. The van der Waals surface area contributed by atoms with E-state index in [1.54, 1.807) is 6.92 Å². The van der Waals surface area contributed by atoms with Gasteiger partial charge in [-0.25, -0.2) is 6.61 Å². The maximum Gasteiger partial charge on any atom is 0.129 e. The Morgan fingerprint density at radius 1 is 1.62 bits per heavy atom. The summed E-state index contributed by atoms with van der Waals surface area (Å²) in [6.45, 7) is 2.62. The number of hydrogen-bond donors (Lipinski definition) is 2. The van der Waals surface area contributed by atoms with Crippen molar-refractivity contribution in [1.82, 2.24) is 0 Å². The van der Waals surface area contributed by atoms with Gasteiger partial charge >= 0.3 is 0 Å². The number of aliphatic hydroxyl groups excluding tert-OH is 2. The zero-order valence-corrected chi connectivity index (χ0v) is 11.4. The smallest absolute Gasteiger partial charge is 0.129 e. The van der Waals surface area contributed by atoms with Crippen molar-refractivity contribution in [1.29, 1.82) is 0 Å². The van der Waals surface area contributed by atoms with Crippen LogP contribution in [0.4, 0.5) is 0 Å². The number of Topliss-reactive ketones (excluding diaryl/α,β-unsaturated/α-hetero) is 1. The maximum absolute atomic E-state index is 10.6. The summed E-state index contributed by atoms with van der Waals surface area (Å²) in [4.78, 5) is 10.6. The molecule has 2 N–H and O–H groups in total. The van der Waals surface area contributed by atoms with Crippen LogP contribution in [0.1, 0.15) is 26.2 Å². The van der Waals surface area contributed by atoms with Gasteiger partial charge in [0, 0.05) is 39.1 Å². The molecule has 5 heteroatoms. The number of carbonyl (C=O) groups excluding carboxylic acids is 1. The summed E-state index contributed by atoms with van der Waals surface area (Å²) < 4.78 is 0. The quantitative estimate of drug-likeness (QED) is 0.545. The summed E-state index contributed by atoms with van der Waals surface area (Å²) in [6, 6.07) is 0. The van der Waals surface area contributed by atoms with Gasteiger partial charge in [-0.05, 0) is 18.6 Å². The molecular formula is C8H15O3SY-. The molecule has 0 rings (SSSR count). The second kappa shape index (κ2) is 11.1. The van der Waals surface area contributed by atoms with E-state index in [-0.39, 0.29) is 49.7 Å². The van der Waals surface area contributed by atoms with Crippen LogP contribution in [0, 0.1) is 6.61 Å². The topological polar surface area (TPSA) is 57.5 Å². The molecule has 0 aromatic heterocycles. The maximum atomic E-state index is 10.6. The van der Waals surface area contributed by atoms with Gasteiger partial charge in [0.15, 0.2) is 0 Å². The van der Waals surface area contributed by atoms with Gasteiger partial charge in [0.05, 0.1) is 5.94 Å². The van der Waals surface area contributed by atoms with Crippen LogP contribution in [0.5, 0.6) is 0 Å². The molecule has 0 aliphatic rings. The largest absolute Gasteiger partial charge is 0.566 e. The molecule has 0 fully saturated rings. The van der Waals surface area contributed by atoms with Crippen molar-refractivity contribution in [2.75, 3.05) is 5.94 Å². The van der Waals surface area contributed by atoms with E-state index >= 15 is 0 Å². The Balaban J connectivity index is 0. The van der Waals surface area contributed by atoms with Gasteiger partial charge in [-0.1, -0.05) is 0 Å². The first-order valence-electron chi connectivity index (χ1n) is 3.88. The minimum absolute atomic E-state index is 0. The van der Waals surface area contributed by atoms with E-state index in [9.17, 15) is 4.79 Å². The van der Waals surface area contributed by atoms with Crippen LogP contribution in [-0.4, -0.2) is 27.2 Å². The van der Waals surface area contributed by atoms with Crippen molar-refractivity contribution in [3.8, 4) is 0 Å². The van der Waals surface area contributed by atoms with Crippen LogP contribution in [0.2, 0.25) is 0 Å². The van der Waals surface area contributed by atoms with Crippen molar-refractivity contribution in [3.63, 3.8) is 0 Å². The van der Waals surface area contributed by atoms with Crippen molar-refractivity contribution in [3.05, 3.63) is 6.61 Å². The van der Waals surface area contributed by atoms with Crippen molar-refractivity contribution in [2.24, 2.45) is 0 Å². The first kappa shape index (κ1) is 16.5. The molecule has 0 aromatic rings. The molecule has 3 nitrogen and oxygen atoms in total. The minimum Gasteiger partial charge on any atom is -0.566 e. The molecule has 0 aromatic carbocycles. The molecule has 1 atom stereocenters. The number of aliphatic hydroxyl groups is 2. The summed E-state index contributed by atoms with van der Waals surface area (Å²) in [5.41, 5.74) is 0. The first-order valence-corrected chi connectivity index (χ1v) is 4.93. The normalized spacial score (nSPS) is 11.9. The van der Waals surface area contributed by atoms with E-state index in [1.807, 2.05) is 0 Å². The van der Waals surface area contributed by atoms with Crippen molar-refractivity contribution >= 4 is 17.5 Å². The van der Waals surface area contributed by atoms with Gasteiger partial charge in [0.2, 0.25) is 0 Å². The number of carbonyl (C=O) groups is 1. The summed E-state index contributed by atoms with van der Waals surface area (Å²) in [5.74, 6) is 0.188. The second-order valence-electron chi connectivity index (χ2n) is 2.58. The standard InChI is InChI=1S/C8H15O3S.Y/c1-7(11)2-3-8(4-5-9)12-6-10;/h5,8-10H,2-4,6H2,1H3;/q-1;. The number of ketones is 1. The van der Waals surface area contributed by atoms with Crippen LogP contribution in [0.25, 0.3) is 0 Å². The van der Waals surface area contributed by atoms with Crippen LogP contribution >= 0.6 is 11.8 Å². The first-order chi connectivity index (χ1) is 5.70. The third-order valence-electron chi connectivity index (χ3n) is 1.50. The Morgan fingerprint density at radius 3 is 2.62 bits per heavy atom. The Labute approximate surface area is 109 Å². The van der Waals surface area contributed by atoms with E-state index in [0.717, 1.165) is 13.0 Å². The fraction of sp³-hybridized carbons (Fsp3) is 0.750. The third kappa shape index (κ3) is 11.0. The Bertz CT molecular complexity index is 127. The average molecular weight is 280 g/mol. The van der Waals surface area contributed by atoms with Gasteiger partial charge in [-0.3, -0.25) is 0 Å². The third-order valence-corrected chi connectivity index (χ3v) is 2.55. The van der Waals surface area contributed by atoms with Crippen LogP contribution in [0.15, 0.2) is 0 Å². The molecule has 0 bridgehead atoms. The summed E-state index contributed by atoms with van der Waals surface area (Å²) in [7, 11) is 0. The Morgan fingerprint density at radius 2 is 2.23 bits per heavy atom. The monoisotopic (exact) mass is 280 g/mol. The van der Waals surface area contributed by atoms with Gasteiger partial charge in [-0.2, -0.15) is 0 Å². The molecule has 1 unspecified atom stereocenters. The molecule has 0 aliphatic carbocycles. The fourth-order valence-electron chi connectivity index (χ4n) is 0.856.